The van der Waals surface area contributed by atoms with E-state index in [2.05, 4.69) is 39.1 Å². The van der Waals surface area contributed by atoms with Crippen LogP contribution in [0, 0.1) is 0 Å². The molecule has 0 saturated heterocycles. The monoisotopic (exact) mass is 323 g/mol. The van der Waals surface area contributed by atoms with Gasteiger partial charge in [-0.1, -0.05) is 30.3 Å². The SMILES string of the molecule is Brc1cccc(-c2ccc3c(c2)oc2ccccc23)n1. The summed E-state index contributed by atoms with van der Waals surface area (Å²) in [6.07, 6.45) is 0. The number of halogens is 1. The van der Waals surface area contributed by atoms with Crippen LogP contribution >= 0.6 is 15.9 Å². The van der Waals surface area contributed by atoms with Crippen LogP contribution in [0.5, 0.6) is 0 Å². The van der Waals surface area contributed by atoms with E-state index in [0.717, 1.165) is 37.8 Å². The highest BCUT2D eigenvalue weighted by molar-refractivity contribution is 9.10. The summed E-state index contributed by atoms with van der Waals surface area (Å²) in [4.78, 5) is 4.48. The van der Waals surface area contributed by atoms with Crippen molar-refractivity contribution >= 4 is 37.9 Å². The average molecular weight is 324 g/mol. The van der Waals surface area contributed by atoms with Crippen LogP contribution in [0.4, 0.5) is 0 Å². The van der Waals surface area contributed by atoms with Crippen LogP contribution in [0.2, 0.25) is 0 Å². The third kappa shape index (κ3) is 1.82. The Bertz CT molecular complexity index is 926. The minimum absolute atomic E-state index is 0.833. The van der Waals surface area contributed by atoms with E-state index < -0.39 is 0 Å². The van der Waals surface area contributed by atoms with Crippen molar-refractivity contribution in [2.75, 3.05) is 0 Å². The largest absolute Gasteiger partial charge is 0.456 e. The first-order chi connectivity index (χ1) is 9.81. The van der Waals surface area contributed by atoms with Crippen LogP contribution in [-0.2, 0) is 0 Å². The topological polar surface area (TPSA) is 26.0 Å². The van der Waals surface area contributed by atoms with Crippen molar-refractivity contribution in [2.45, 2.75) is 0 Å². The number of pyridine rings is 1. The van der Waals surface area contributed by atoms with E-state index >= 15 is 0 Å². The van der Waals surface area contributed by atoms with Crippen molar-refractivity contribution in [1.82, 2.24) is 4.98 Å². The van der Waals surface area contributed by atoms with E-state index in [1.165, 1.54) is 0 Å². The molecule has 2 aromatic carbocycles. The first-order valence-electron chi connectivity index (χ1n) is 6.35. The number of rotatable bonds is 1. The molecule has 0 radical (unpaired) electrons. The van der Waals surface area contributed by atoms with Gasteiger partial charge in [-0.05, 0) is 46.3 Å². The van der Waals surface area contributed by atoms with Gasteiger partial charge in [0.05, 0.1) is 5.69 Å². The Labute approximate surface area is 124 Å². The van der Waals surface area contributed by atoms with E-state index in [9.17, 15) is 0 Å². The minimum atomic E-state index is 0.833. The van der Waals surface area contributed by atoms with Crippen LogP contribution in [0.15, 0.2) is 69.7 Å². The van der Waals surface area contributed by atoms with E-state index in [1.54, 1.807) is 0 Å². The number of fused-ring (bicyclic) bond motifs is 3. The molecule has 96 valence electrons. The van der Waals surface area contributed by atoms with Crippen LogP contribution < -0.4 is 0 Å². The second-order valence-corrected chi connectivity index (χ2v) is 5.47. The van der Waals surface area contributed by atoms with Crippen LogP contribution in [0.25, 0.3) is 33.2 Å². The number of hydrogen-bond acceptors (Lipinski definition) is 2. The lowest BCUT2D eigenvalue weighted by atomic mass is 10.1. The Morgan fingerprint density at radius 1 is 0.800 bits per heavy atom. The molecule has 0 atom stereocenters. The molecular weight excluding hydrogens is 314 g/mol. The van der Waals surface area contributed by atoms with E-state index in [4.69, 9.17) is 4.42 Å². The molecule has 0 aliphatic rings. The van der Waals surface area contributed by atoms with Gasteiger partial charge in [0.15, 0.2) is 0 Å². The molecule has 4 rings (SSSR count). The van der Waals surface area contributed by atoms with Gasteiger partial charge >= 0.3 is 0 Å². The fourth-order valence-corrected chi connectivity index (χ4v) is 2.80. The van der Waals surface area contributed by atoms with Crippen molar-refractivity contribution in [1.29, 1.82) is 0 Å². The lowest BCUT2D eigenvalue weighted by molar-refractivity contribution is 0.669. The smallest absolute Gasteiger partial charge is 0.136 e. The van der Waals surface area contributed by atoms with Crippen molar-refractivity contribution in [3.8, 4) is 11.3 Å². The Kier molecular flexibility index (Phi) is 2.60. The molecule has 2 heterocycles. The van der Waals surface area contributed by atoms with Gasteiger partial charge in [0.2, 0.25) is 0 Å². The number of nitrogens with zero attached hydrogens (tertiary/aromatic N) is 1. The highest BCUT2D eigenvalue weighted by Crippen LogP contribution is 2.31. The van der Waals surface area contributed by atoms with Gasteiger partial charge in [-0.25, -0.2) is 4.98 Å². The van der Waals surface area contributed by atoms with Gasteiger partial charge in [-0.15, -0.1) is 0 Å². The Morgan fingerprint density at radius 2 is 1.65 bits per heavy atom. The van der Waals surface area contributed by atoms with E-state index in [0.29, 0.717) is 0 Å². The standard InChI is InChI=1S/C17H10BrNO/c18-17-7-3-5-14(19-17)11-8-9-13-12-4-1-2-6-15(12)20-16(13)10-11/h1-10H. The fraction of sp³-hybridized carbons (Fsp3) is 0. The maximum atomic E-state index is 5.91. The van der Waals surface area contributed by atoms with Crippen molar-refractivity contribution in [3.63, 3.8) is 0 Å². The summed E-state index contributed by atoms with van der Waals surface area (Å²) >= 11 is 3.40. The first-order valence-corrected chi connectivity index (χ1v) is 7.15. The summed E-state index contributed by atoms with van der Waals surface area (Å²) < 4.78 is 6.74. The number of benzene rings is 2. The summed E-state index contributed by atoms with van der Waals surface area (Å²) in [5, 5.41) is 2.29. The molecule has 0 unspecified atom stereocenters. The summed E-state index contributed by atoms with van der Waals surface area (Å²) in [6.45, 7) is 0. The predicted octanol–water partition coefficient (Wildman–Crippen LogP) is 5.41. The molecule has 0 spiro atoms. The van der Waals surface area contributed by atoms with Crippen molar-refractivity contribution < 1.29 is 4.42 Å². The molecular formula is C17H10BrNO. The molecule has 0 aliphatic heterocycles. The Balaban J connectivity index is 1.97. The van der Waals surface area contributed by atoms with Crippen LogP contribution in [0.3, 0.4) is 0 Å². The minimum Gasteiger partial charge on any atom is -0.456 e. The summed E-state index contributed by atoms with van der Waals surface area (Å²) in [5.41, 5.74) is 3.80. The summed E-state index contributed by atoms with van der Waals surface area (Å²) in [5.74, 6) is 0. The predicted molar refractivity (Wildman–Crippen MR) is 84.7 cm³/mol. The third-order valence-electron chi connectivity index (χ3n) is 3.39. The van der Waals surface area contributed by atoms with E-state index in [-0.39, 0.29) is 0 Å². The highest BCUT2D eigenvalue weighted by atomic mass is 79.9. The zero-order valence-electron chi connectivity index (χ0n) is 10.5. The maximum Gasteiger partial charge on any atom is 0.136 e. The highest BCUT2D eigenvalue weighted by Gasteiger charge is 2.08. The lowest BCUT2D eigenvalue weighted by Gasteiger charge is -2.01. The Morgan fingerprint density at radius 3 is 2.55 bits per heavy atom. The first kappa shape index (κ1) is 11.7. The molecule has 0 bridgehead atoms. The molecule has 0 N–H and O–H groups in total. The molecule has 0 fully saturated rings. The van der Waals surface area contributed by atoms with Gasteiger partial charge < -0.3 is 4.42 Å². The second-order valence-electron chi connectivity index (χ2n) is 4.65. The molecule has 0 saturated carbocycles. The lowest BCUT2D eigenvalue weighted by Crippen LogP contribution is -1.83. The Hall–Kier alpha value is -2.13. The molecule has 0 amide bonds. The quantitative estimate of drug-likeness (QED) is 0.438. The van der Waals surface area contributed by atoms with Crippen molar-refractivity contribution in [2.24, 2.45) is 0 Å². The van der Waals surface area contributed by atoms with Gasteiger partial charge in [-0.3, -0.25) is 0 Å². The van der Waals surface area contributed by atoms with Crippen LogP contribution in [0.1, 0.15) is 0 Å². The number of furan rings is 1. The third-order valence-corrected chi connectivity index (χ3v) is 3.83. The molecule has 0 aliphatic carbocycles. The molecule has 20 heavy (non-hydrogen) atoms. The average Bonchev–Trinajstić information content (AvgIpc) is 2.85. The number of aromatic nitrogens is 1. The summed E-state index contributed by atoms with van der Waals surface area (Å²) in [6, 6.07) is 20.2. The van der Waals surface area contributed by atoms with Gasteiger partial charge in [0.1, 0.15) is 15.8 Å². The van der Waals surface area contributed by atoms with E-state index in [1.807, 2.05) is 42.5 Å². The fourth-order valence-electron chi connectivity index (χ4n) is 2.45. The number of para-hydroxylation sites is 1. The normalized spacial score (nSPS) is 11.2. The zero-order chi connectivity index (χ0) is 13.5. The zero-order valence-corrected chi connectivity index (χ0v) is 12.1. The van der Waals surface area contributed by atoms with Crippen LogP contribution in [-0.4, -0.2) is 4.98 Å². The molecule has 2 aromatic heterocycles. The second kappa shape index (κ2) is 4.46. The number of hydrogen-bond donors (Lipinski definition) is 0. The molecule has 4 aromatic rings. The maximum absolute atomic E-state index is 5.91. The van der Waals surface area contributed by atoms with Crippen molar-refractivity contribution in [3.05, 3.63) is 65.3 Å². The molecule has 3 heteroatoms. The summed E-state index contributed by atoms with van der Waals surface area (Å²) in [7, 11) is 0. The van der Waals surface area contributed by atoms with Gasteiger partial charge in [0.25, 0.3) is 0 Å². The molecule has 2 nitrogen and oxygen atoms in total. The van der Waals surface area contributed by atoms with Gasteiger partial charge in [-0.2, -0.15) is 0 Å². The van der Waals surface area contributed by atoms with Gasteiger partial charge in [0, 0.05) is 16.3 Å².